The Kier molecular flexibility index (Phi) is 6.89. The van der Waals surface area contributed by atoms with Crippen LogP contribution >= 0.6 is 11.6 Å². The van der Waals surface area contributed by atoms with Gasteiger partial charge in [0.25, 0.3) is 11.7 Å². The molecule has 35 heavy (non-hydrogen) atoms. The number of benzene rings is 3. The molecule has 3 aromatic carbocycles. The van der Waals surface area contributed by atoms with Gasteiger partial charge in [0.05, 0.1) is 30.9 Å². The van der Waals surface area contributed by atoms with Crippen molar-refractivity contribution in [3.8, 4) is 5.75 Å². The van der Waals surface area contributed by atoms with Crippen molar-refractivity contribution in [2.24, 2.45) is 0 Å². The second-order valence-corrected chi connectivity index (χ2v) is 8.16. The first-order valence-electron chi connectivity index (χ1n) is 10.8. The molecule has 0 bridgehead atoms. The molecule has 1 amide bonds. The van der Waals surface area contributed by atoms with Crippen LogP contribution in [0.4, 0.5) is 5.69 Å². The van der Waals surface area contributed by atoms with Gasteiger partial charge in [-0.3, -0.25) is 14.5 Å². The number of ketones is 1. The van der Waals surface area contributed by atoms with E-state index in [9.17, 15) is 19.5 Å². The quantitative estimate of drug-likeness (QED) is 0.222. The van der Waals surface area contributed by atoms with Crippen LogP contribution in [0.1, 0.15) is 34.5 Å². The number of Topliss-reactive ketones (excluding diaryl/α,β-unsaturated/α-hetero) is 1. The van der Waals surface area contributed by atoms with E-state index in [1.54, 1.807) is 61.5 Å². The minimum atomic E-state index is -0.923. The highest BCUT2D eigenvalue weighted by molar-refractivity contribution is 6.51. The number of nitrogens with zero attached hydrogens (tertiary/aromatic N) is 1. The average Bonchev–Trinajstić information content (AvgIpc) is 3.14. The first kappa shape index (κ1) is 24.0. The van der Waals surface area contributed by atoms with Gasteiger partial charge in [-0.1, -0.05) is 35.9 Å². The summed E-state index contributed by atoms with van der Waals surface area (Å²) >= 11 is 6.09. The number of methoxy groups -OCH3 is 1. The van der Waals surface area contributed by atoms with Crippen LogP contribution in [0.15, 0.2) is 78.4 Å². The topological polar surface area (TPSA) is 93.1 Å². The van der Waals surface area contributed by atoms with Gasteiger partial charge in [0, 0.05) is 16.3 Å². The van der Waals surface area contributed by atoms with E-state index in [0.717, 1.165) is 0 Å². The number of aliphatic hydroxyl groups is 1. The Morgan fingerprint density at radius 2 is 1.69 bits per heavy atom. The summed E-state index contributed by atoms with van der Waals surface area (Å²) < 4.78 is 10.2. The lowest BCUT2D eigenvalue weighted by molar-refractivity contribution is -0.132. The SMILES string of the molecule is CCOC(=O)c1ccc(N2C(=O)C(=O)/C(=C(/O)c3cccc(Cl)c3)C2c2ccc(OC)cc2)cc1. The van der Waals surface area contributed by atoms with Crippen LogP contribution in [-0.4, -0.2) is 36.5 Å². The molecule has 1 atom stereocenters. The Morgan fingerprint density at radius 3 is 2.29 bits per heavy atom. The first-order valence-corrected chi connectivity index (χ1v) is 11.2. The summed E-state index contributed by atoms with van der Waals surface area (Å²) in [6.45, 7) is 1.94. The molecule has 1 unspecified atom stereocenters. The molecule has 1 N–H and O–H groups in total. The van der Waals surface area contributed by atoms with Gasteiger partial charge < -0.3 is 14.6 Å². The van der Waals surface area contributed by atoms with Crippen LogP contribution < -0.4 is 9.64 Å². The van der Waals surface area contributed by atoms with Crippen molar-refractivity contribution < 1.29 is 29.0 Å². The van der Waals surface area contributed by atoms with Crippen molar-refractivity contribution in [1.29, 1.82) is 0 Å². The highest BCUT2D eigenvalue weighted by Crippen LogP contribution is 2.42. The van der Waals surface area contributed by atoms with Crippen LogP contribution in [0.5, 0.6) is 5.75 Å². The lowest BCUT2D eigenvalue weighted by Crippen LogP contribution is -2.29. The zero-order chi connectivity index (χ0) is 25.1. The average molecular weight is 492 g/mol. The molecule has 3 aromatic rings. The van der Waals surface area contributed by atoms with Crippen LogP contribution in [0.25, 0.3) is 5.76 Å². The van der Waals surface area contributed by atoms with Crippen molar-refractivity contribution in [3.63, 3.8) is 0 Å². The highest BCUT2D eigenvalue weighted by Gasteiger charge is 2.47. The Hall–Kier alpha value is -4.10. The monoisotopic (exact) mass is 491 g/mol. The molecular formula is C27H22ClNO6. The summed E-state index contributed by atoms with van der Waals surface area (Å²) in [5.74, 6) is -1.87. The number of anilines is 1. The lowest BCUT2D eigenvalue weighted by atomic mass is 9.95. The van der Waals surface area contributed by atoms with E-state index < -0.39 is 23.7 Å². The smallest absolute Gasteiger partial charge is 0.338 e. The van der Waals surface area contributed by atoms with Gasteiger partial charge >= 0.3 is 5.97 Å². The van der Waals surface area contributed by atoms with Gasteiger partial charge in [-0.2, -0.15) is 0 Å². The largest absolute Gasteiger partial charge is 0.507 e. The summed E-state index contributed by atoms with van der Waals surface area (Å²) in [7, 11) is 1.53. The fraction of sp³-hybridized carbons (Fsp3) is 0.148. The van der Waals surface area contributed by atoms with Gasteiger partial charge in [-0.15, -0.1) is 0 Å². The van der Waals surface area contributed by atoms with E-state index >= 15 is 0 Å². The summed E-state index contributed by atoms with van der Waals surface area (Å²) in [6.07, 6.45) is 0. The predicted octanol–water partition coefficient (Wildman–Crippen LogP) is 5.15. The molecule has 178 valence electrons. The van der Waals surface area contributed by atoms with Crippen molar-refractivity contribution in [2.45, 2.75) is 13.0 Å². The maximum atomic E-state index is 13.2. The number of hydrogen-bond acceptors (Lipinski definition) is 6. The lowest BCUT2D eigenvalue weighted by Gasteiger charge is -2.25. The molecule has 1 aliphatic heterocycles. The predicted molar refractivity (Wildman–Crippen MR) is 132 cm³/mol. The maximum absolute atomic E-state index is 13.2. The van der Waals surface area contributed by atoms with Gasteiger partial charge in [-0.05, 0) is 61.0 Å². The highest BCUT2D eigenvalue weighted by atomic mass is 35.5. The normalized spacial score (nSPS) is 16.9. The standard InChI is InChI=1S/C27H22ClNO6/c1-3-35-27(33)17-7-11-20(12-8-17)29-23(16-9-13-21(34-2)14-10-16)22(25(31)26(29)32)24(30)18-5-4-6-19(28)15-18/h4-15,23,30H,3H2,1-2H3/b24-22+. The second kappa shape index (κ2) is 10.0. The van der Waals surface area contributed by atoms with E-state index in [0.29, 0.717) is 33.1 Å². The van der Waals surface area contributed by atoms with Crippen molar-refractivity contribution in [3.05, 3.63) is 100 Å². The summed E-state index contributed by atoms with van der Waals surface area (Å²) in [6, 6.07) is 18.5. The molecule has 1 aliphatic rings. The third-order valence-corrected chi connectivity index (χ3v) is 5.87. The number of carbonyl (C=O) groups is 3. The van der Waals surface area contributed by atoms with Crippen LogP contribution in [0.2, 0.25) is 5.02 Å². The molecule has 0 aromatic heterocycles. The Bertz CT molecular complexity index is 1310. The number of amides is 1. The number of esters is 1. The maximum Gasteiger partial charge on any atom is 0.338 e. The van der Waals surface area contributed by atoms with Crippen molar-refractivity contribution in [1.82, 2.24) is 0 Å². The Balaban J connectivity index is 1.86. The fourth-order valence-electron chi connectivity index (χ4n) is 3.96. The molecule has 0 spiro atoms. The Labute approximate surface area is 207 Å². The van der Waals surface area contributed by atoms with E-state index in [4.69, 9.17) is 21.1 Å². The third kappa shape index (κ3) is 4.63. The van der Waals surface area contributed by atoms with Gasteiger partial charge in [0.15, 0.2) is 0 Å². The van der Waals surface area contributed by atoms with Crippen LogP contribution in [0.3, 0.4) is 0 Å². The molecule has 1 heterocycles. The zero-order valence-corrected chi connectivity index (χ0v) is 19.8. The summed E-state index contributed by atoms with van der Waals surface area (Å²) in [4.78, 5) is 39.8. The van der Waals surface area contributed by atoms with Gasteiger partial charge in [0.1, 0.15) is 11.5 Å². The molecule has 8 heteroatoms. The number of hydrogen-bond donors (Lipinski definition) is 1. The molecular weight excluding hydrogens is 470 g/mol. The van der Waals surface area contributed by atoms with Crippen molar-refractivity contribution >= 4 is 40.7 Å². The Morgan fingerprint density at radius 1 is 1.00 bits per heavy atom. The molecule has 0 radical (unpaired) electrons. The number of carbonyl (C=O) groups excluding carboxylic acids is 3. The van der Waals surface area contributed by atoms with Crippen LogP contribution in [0, 0.1) is 0 Å². The molecule has 1 saturated heterocycles. The molecule has 0 aliphatic carbocycles. The number of halogens is 1. The minimum Gasteiger partial charge on any atom is -0.507 e. The number of rotatable bonds is 6. The zero-order valence-electron chi connectivity index (χ0n) is 19.0. The van der Waals surface area contributed by atoms with Gasteiger partial charge in [-0.25, -0.2) is 4.79 Å². The van der Waals surface area contributed by atoms with E-state index in [1.807, 2.05) is 0 Å². The third-order valence-electron chi connectivity index (χ3n) is 5.63. The molecule has 7 nitrogen and oxygen atoms in total. The van der Waals surface area contributed by atoms with Crippen molar-refractivity contribution in [2.75, 3.05) is 18.6 Å². The molecule has 0 saturated carbocycles. The van der Waals surface area contributed by atoms with Crippen LogP contribution in [-0.2, 0) is 14.3 Å². The van der Waals surface area contributed by atoms with E-state index in [2.05, 4.69) is 0 Å². The van der Waals surface area contributed by atoms with Gasteiger partial charge in [0.2, 0.25) is 0 Å². The molecule has 4 rings (SSSR count). The van der Waals surface area contributed by atoms with E-state index in [-0.39, 0.29) is 17.9 Å². The number of ether oxygens (including phenoxy) is 2. The van der Waals surface area contributed by atoms with E-state index in [1.165, 1.54) is 30.2 Å². The number of aliphatic hydroxyl groups excluding tert-OH is 1. The summed E-state index contributed by atoms with van der Waals surface area (Å²) in [5, 5.41) is 11.5. The molecule has 1 fully saturated rings. The second-order valence-electron chi connectivity index (χ2n) is 7.72. The summed E-state index contributed by atoms with van der Waals surface area (Å²) in [5.41, 5.74) is 1.52. The fourth-order valence-corrected chi connectivity index (χ4v) is 4.15. The minimum absolute atomic E-state index is 0.0723. The first-order chi connectivity index (χ1) is 16.8.